The van der Waals surface area contributed by atoms with Crippen LogP contribution in [-0.2, 0) is 11.3 Å². The molecule has 0 aliphatic heterocycles. The maximum atomic E-state index is 12.5. The van der Waals surface area contributed by atoms with E-state index in [0.29, 0.717) is 21.6 Å². The lowest BCUT2D eigenvalue weighted by Gasteiger charge is -2.15. The smallest absolute Gasteiger partial charge is 0.261 e. The number of anilines is 2. The summed E-state index contributed by atoms with van der Waals surface area (Å²) in [7, 11) is 3.77. The first-order valence-corrected chi connectivity index (χ1v) is 8.93. The largest absolute Gasteiger partial charge is 0.376 e. The zero-order valence-corrected chi connectivity index (χ0v) is 16.5. The summed E-state index contributed by atoms with van der Waals surface area (Å²) < 4.78 is 2.06. The molecule has 1 aromatic heterocycles. The monoisotopic (exact) mass is 434 g/mol. The molecule has 0 atom stereocenters. The van der Waals surface area contributed by atoms with Crippen LogP contribution < -0.4 is 15.8 Å². The van der Waals surface area contributed by atoms with Crippen LogP contribution >= 0.6 is 27.5 Å². The Balaban J connectivity index is 1.80. The Morgan fingerprint density at radius 3 is 2.73 bits per heavy atom. The van der Waals surface area contributed by atoms with Crippen molar-refractivity contribution in [3.8, 4) is 0 Å². The zero-order valence-electron chi connectivity index (χ0n) is 14.2. The topological polar surface area (TPSA) is 67.2 Å². The van der Waals surface area contributed by atoms with Crippen molar-refractivity contribution in [1.82, 2.24) is 9.55 Å². The summed E-state index contributed by atoms with van der Waals surface area (Å²) in [6, 6.07) is 10.5. The summed E-state index contributed by atoms with van der Waals surface area (Å²) >= 11 is 9.55. The lowest BCUT2D eigenvalue weighted by atomic mass is 10.2. The zero-order chi connectivity index (χ0) is 18.8. The Morgan fingerprint density at radius 2 is 2.04 bits per heavy atom. The number of benzene rings is 2. The van der Waals surface area contributed by atoms with Gasteiger partial charge in [-0.25, -0.2) is 4.98 Å². The van der Waals surface area contributed by atoms with Gasteiger partial charge in [-0.15, -0.1) is 0 Å². The van der Waals surface area contributed by atoms with Gasteiger partial charge in [0.05, 0.1) is 27.9 Å². The first-order chi connectivity index (χ1) is 12.3. The van der Waals surface area contributed by atoms with Crippen LogP contribution in [-0.4, -0.2) is 29.6 Å². The highest BCUT2D eigenvalue weighted by molar-refractivity contribution is 9.10. The first kappa shape index (κ1) is 18.4. The highest BCUT2D eigenvalue weighted by Gasteiger charge is 2.10. The molecule has 0 saturated carbocycles. The average Bonchev–Trinajstić information content (AvgIpc) is 2.57. The standard InChI is InChI=1S/C18H16BrClN4O2/c1-23(2)16-6-4-12(8-14(16)20)22-17(25)9-24-10-21-15-5-3-11(19)7-13(15)18(24)26/h3-8,10H,9H2,1-2H3,(H,22,25). The number of amides is 1. The van der Waals surface area contributed by atoms with E-state index in [9.17, 15) is 9.59 Å². The lowest BCUT2D eigenvalue weighted by Crippen LogP contribution is -2.28. The predicted octanol–water partition coefficient (Wildman–Crippen LogP) is 3.52. The molecule has 0 saturated heterocycles. The van der Waals surface area contributed by atoms with E-state index < -0.39 is 0 Å². The van der Waals surface area contributed by atoms with Gasteiger partial charge in [-0.2, -0.15) is 0 Å². The molecule has 0 aliphatic rings. The minimum Gasteiger partial charge on any atom is -0.376 e. The van der Waals surface area contributed by atoms with Crippen LogP contribution in [0.1, 0.15) is 0 Å². The van der Waals surface area contributed by atoms with E-state index in [-0.39, 0.29) is 18.0 Å². The van der Waals surface area contributed by atoms with Crippen LogP contribution in [0.3, 0.4) is 0 Å². The number of nitrogens with zero attached hydrogens (tertiary/aromatic N) is 3. The van der Waals surface area contributed by atoms with Gasteiger partial charge in [-0.1, -0.05) is 27.5 Å². The second kappa shape index (κ2) is 7.47. The molecule has 0 fully saturated rings. The summed E-state index contributed by atoms with van der Waals surface area (Å²) in [5, 5.41) is 3.73. The molecule has 1 heterocycles. The van der Waals surface area contributed by atoms with Crippen LogP contribution in [0.2, 0.25) is 5.02 Å². The van der Waals surface area contributed by atoms with Crippen molar-refractivity contribution in [2.24, 2.45) is 0 Å². The van der Waals surface area contributed by atoms with Gasteiger partial charge in [0.15, 0.2) is 0 Å². The third-order valence-corrected chi connectivity index (χ3v) is 4.61. The number of nitrogens with one attached hydrogen (secondary N) is 1. The molecular weight excluding hydrogens is 420 g/mol. The Bertz CT molecular complexity index is 1050. The molecular formula is C18H16BrClN4O2. The molecule has 26 heavy (non-hydrogen) atoms. The summed E-state index contributed by atoms with van der Waals surface area (Å²) in [6.45, 7) is -0.138. The maximum Gasteiger partial charge on any atom is 0.261 e. The fourth-order valence-electron chi connectivity index (χ4n) is 2.55. The van der Waals surface area contributed by atoms with Gasteiger partial charge < -0.3 is 10.2 Å². The molecule has 0 unspecified atom stereocenters. The number of carbonyl (C=O) groups excluding carboxylic acids is 1. The van der Waals surface area contributed by atoms with Crippen LogP contribution in [0, 0.1) is 0 Å². The first-order valence-electron chi connectivity index (χ1n) is 7.76. The van der Waals surface area contributed by atoms with Crippen molar-refractivity contribution in [3.63, 3.8) is 0 Å². The molecule has 6 nitrogen and oxygen atoms in total. The van der Waals surface area contributed by atoms with E-state index in [2.05, 4.69) is 26.2 Å². The van der Waals surface area contributed by atoms with E-state index in [4.69, 9.17) is 11.6 Å². The molecule has 0 spiro atoms. The van der Waals surface area contributed by atoms with Gasteiger partial charge in [0.2, 0.25) is 5.91 Å². The summed E-state index contributed by atoms with van der Waals surface area (Å²) in [6.07, 6.45) is 1.38. The molecule has 0 bridgehead atoms. The van der Waals surface area contributed by atoms with Crippen molar-refractivity contribution in [3.05, 3.63) is 62.6 Å². The van der Waals surface area contributed by atoms with E-state index in [0.717, 1.165) is 10.2 Å². The van der Waals surface area contributed by atoms with Gasteiger partial charge in [-0.05, 0) is 36.4 Å². The van der Waals surface area contributed by atoms with Crippen LogP contribution in [0.4, 0.5) is 11.4 Å². The summed E-state index contributed by atoms with van der Waals surface area (Å²) in [5.74, 6) is -0.336. The highest BCUT2D eigenvalue weighted by Crippen LogP contribution is 2.27. The number of fused-ring (bicyclic) bond motifs is 1. The SMILES string of the molecule is CN(C)c1ccc(NC(=O)Cn2cnc3ccc(Br)cc3c2=O)cc1Cl. The second-order valence-electron chi connectivity index (χ2n) is 5.95. The van der Waals surface area contributed by atoms with E-state index in [1.54, 1.807) is 24.3 Å². The highest BCUT2D eigenvalue weighted by atomic mass is 79.9. The summed E-state index contributed by atoms with van der Waals surface area (Å²) in [4.78, 5) is 30.9. The molecule has 0 aliphatic carbocycles. The molecule has 0 radical (unpaired) electrons. The number of aromatic nitrogens is 2. The number of hydrogen-bond donors (Lipinski definition) is 1. The quantitative estimate of drug-likeness (QED) is 0.681. The van der Waals surface area contributed by atoms with Gasteiger partial charge in [-0.3, -0.25) is 14.2 Å². The summed E-state index contributed by atoms with van der Waals surface area (Å²) in [5.41, 5.74) is 1.73. The van der Waals surface area contributed by atoms with E-state index in [1.807, 2.05) is 31.1 Å². The van der Waals surface area contributed by atoms with Gasteiger partial charge in [0.1, 0.15) is 6.54 Å². The average molecular weight is 436 g/mol. The molecule has 8 heteroatoms. The van der Waals surface area contributed by atoms with Gasteiger partial charge in [0, 0.05) is 24.3 Å². The van der Waals surface area contributed by atoms with Crippen LogP contribution in [0.25, 0.3) is 10.9 Å². The molecule has 2 aromatic carbocycles. The lowest BCUT2D eigenvalue weighted by molar-refractivity contribution is -0.116. The van der Waals surface area contributed by atoms with Crippen LogP contribution in [0.15, 0.2) is 52.0 Å². The Kier molecular flexibility index (Phi) is 5.29. The van der Waals surface area contributed by atoms with Crippen molar-refractivity contribution in [2.45, 2.75) is 6.54 Å². The van der Waals surface area contributed by atoms with Crippen molar-refractivity contribution in [2.75, 3.05) is 24.3 Å². The predicted molar refractivity (Wildman–Crippen MR) is 108 cm³/mol. The Labute approximate surface area is 163 Å². The minimum atomic E-state index is -0.336. The maximum absolute atomic E-state index is 12.5. The molecule has 1 amide bonds. The number of hydrogen-bond acceptors (Lipinski definition) is 4. The number of rotatable bonds is 4. The fourth-order valence-corrected chi connectivity index (χ4v) is 3.26. The number of halogens is 2. The fraction of sp³-hybridized carbons (Fsp3) is 0.167. The van der Waals surface area contributed by atoms with Crippen molar-refractivity contribution < 1.29 is 4.79 Å². The number of carbonyl (C=O) groups is 1. The van der Waals surface area contributed by atoms with Crippen molar-refractivity contribution >= 4 is 55.7 Å². The van der Waals surface area contributed by atoms with E-state index in [1.165, 1.54) is 10.9 Å². The Hall–Kier alpha value is -2.38. The molecule has 1 N–H and O–H groups in total. The third kappa shape index (κ3) is 3.89. The Morgan fingerprint density at radius 1 is 1.27 bits per heavy atom. The van der Waals surface area contributed by atoms with Gasteiger partial charge >= 0.3 is 0 Å². The third-order valence-electron chi connectivity index (χ3n) is 3.81. The van der Waals surface area contributed by atoms with Crippen molar-refractivity contribution in [1.29, 1.82) is 0 Å². The van der Waals surface area contributed by atoms with E-state index >= 15 is 0 Å². The molecule has 3 aromatic rings. The minimum absolute atomic E-state index is 0.138. The normalized spacial score (nSPS) is 10.8. The van der Waals surface area contributed by atoms with Gasteiger partial charge in [0.25, 0.3) is 5.56 Å². The second-order valence-corrected chi connectivity index (χ2v) is 7.27. The molecule has 134 valence electrons. The van der Waals surface area contributed by atoms with Crippen LogP contribution in [0.5, 0.6) is 0 Å². The molecule has 3 rings (SSSR count).